The van der Waals surface area contributed by atoms with Crippen molar-refractivity contribution >= 4 is 5.97 Å². The van der Waals surface area contributed by atoms with Gasteiger partial charge in [-0.2, -0.15) is 0 Å². The maximum Gasteiger partial charge on any atom is 0.311 e. The van der Waals surface area contributed by atoms with Gasteiger partial charge in [-0.1, -0.05) is 25.5 Å². The molecule has 2 saturated carbocycles. The van der Waals surface area contributed by atoms with Crippen LogP contribution in [0.2, 0.25) is 0 Å². The van der Waals surface area contributed by atoms with Crippen molar-refractivity contribution in [2.75, 3.05) is 7.11 Å². The molecular weight excluding hydrogens is 374 g/mol. The molecule has 1 N–H and O–H groups in total. The highest BCUT2D eigenvalue weighted by Crippen LogP contribution is 2.62. The molecule has 2 aliphatic carbocycles. The van der Waals surface area contributed by atoms with Crippen molar-refractivity contribution in [3.05, 3.63) is 35.8 Å². The Morgan fingerprint density at radius 3 is 2.73 bits per heavy atom. The summed E-state index contributed by atoms with van der Waals surface area (Å²) in [5, 5.41) is 3.53. The van der Waals surface area contributed by atoms with Gasteiger partial charge in [0.2, 0.25) is 0 Å². The summed E-state index contributed by atoms with van der Waals surface area (Å²) >= 11 is 0. The van der Waals surface area contributed by atoms with E-state index in [2.05, 4.69) is 52.6 Å². The van der Waals surface area contributed by atoms with Crippen LogP contribution >= 0.6 is 0 Å². The Morgan fingerprint density at radius 1 is 1.33 bits per heavy atom. The monoisotopic (exact) mass is 415 g/mol. The van der Waals surface area contributed by atoms with Gasteiger partial charge in [0.25, 0.3) is 0 Å². The Kier molecular flexibility index (Phi) is 6.57. The molecule has 0 saturated heterocycles. The van der Waals surface area contributed by atoms with Crippen molar-refractivity contribution in [1.82, 2.24) is 5.32 Å². The van der Waals surface area contributed by atoms with Gasteiger partial charge in [-0.15, -0.1) is 0 Å². The van der Waals surface area contributed by atoms with Gasteiger partial charge in [-0.05, 0) is 95.1 Å². The summed E-state index contributed by atoms with van der Waals surface area (Å²) < 4.78 is 11.0. The summed E-state index contributed by atoms with van der Waals surface area (Å²) in [7, 11) is 1.53. The summed E-state index contributed by atoms with van der Waals surface area (Å²) in [6.45, 7) is 16.3. The Balaban J connectivity index is 1.77. The van der Waals surface area contributed by atoms with Crippen molar-refractivity contribution in [2.45, 2.75) is 91.6 Å². The zero-order chi connectivity index (χ0) is 22.2. The van der Waals surface area contributed by atoms with Crippen LogP contribution in [-0.4, -0.2) is 18.6 Å². The number of rotatable bonds is 6. The summed E-state index contributed by atoms with van der Waals surface area (Å²) in [4.78, 5) is 12.8. The van der Waals surface area contributed by atoms with Gasteiger partial charge in [0.15, 0.2) is 0 Å². The van der Waals surface area contributed by atoms with Gasteiger partial charge in [0.1, 0.15) is 5.76 Å². The highest BCUT2D eigenvalue weighted by Gasteiger charge is 2.57. The predicted molar refractivity (Wildman–Crippen MR) is 121 cm³/mol. The van der Waals surface area contributed by atoms with Crippen LogP contribution in [0.25, 0.3) is 0 Å². The molecule has 0 aliphatic heterocycles. The van der Waals surface area contributed by atoms with Crippen LogP contribution in [0.4, 0.5) is 0 Å². The smallest absolute Gasteiger partial charge is 0.311 e. The maximum atomic E-state index is 12.8. The number of allylic oxidation sites excluding steroid dienone is 1. The third-order valence-corrected chi connectivity index (χ3v) is 7.99. The second-order valence-corrected chi connectivity index (χ2v) is 11.1. The van der Waals surface area contributed by atoms with Crippen molar-refractivity contribution in [2.24, 2.45) is 22.7 Å². The molecule has 1 heterocycles. The lowest BCUT2D eigenvalue weighted by molar-refractivity contribution is -0.168. The number of fused-ring (bicyclic) bond motifs is 1. The summed E-state index contributed by atoms with van der Waals surface area (Å²) in [5.41, 5.74) is 2.43. The number of carbonyl (C=O) groups excluding carboxylic acids is 1. The molecule has 1 aromatic rings. The number of esters is 1. The van der Waals surface area contributed by atoms with Gasteiger partial charge in [0.05, 0.1) is 25.3 Å². The molecule has 1 aromatic heterocycles. The second kappa shape index (κ2) is 8.53. The lowest BCUT2D eigenvalue weighted by Gasteiger charge is -2.57. The molecule has 3 rings (SSSR count). The van der Waals surface area contributed by atoms with Crippen LogP contribution in [0.3, 0.4) is 0 Å². The molecule has 4 nitrogen and oxygen atoms in total. The lowest BCUT2D eigenvalue weighted by Crippen LogP contribution is -2.53. The topological polar surface area (TPSA) is 51.5 Å². The van der Waals surface area contributed by atoms with E-state index >= 15 is 0 Å². The summed E-state index contributed by atoms with van der Waals surface area (Å²) in [5.74, 6) is 1.79. The van der Waals surface area contributed by atoms with E-state index in [1.807, 2.05) is 6.26 Å². The molecule has 2 unspecified atom stereocenters. The molecule has 168 valence electrons. The van der Waals surface area contributed by atoms with E-state index in [1.54, 1.807) is 0 Å². The van der Waals surface area contributed by atoms with Crippen LogP contribution in [0.1, 0.15) is 84.5 Å². The lowest BCUT2D eigenvalue weighted by atomic mass is 9.46. The van der Waals surface area contributed by atoms with Crippen LogP contribution in [0, 0.1) is 22.7 Å². The molecule has 0 aromatic carbocycles. The van der Waals surface area contributed by atoms with Crippen molar-refractivity contribution in [1.29, 1.82) is 0 Å². The molecule has 0 radical (unpaired) electrons. The first kappa shape index (κ1) is 23.1. The van der Waals surface area contributed by atoms with Crippen LogP contribution in [0.15, 0.2) is 28.9 Å². The zero-order valence-electron chi connectivity index (χ0n) is 19.9. The zero-order valence-corrected chi connectivity index (χ0v) is 19.9. The Bertz CT molecular complexity index is 773. The first-order valence-electron chi connectivity index (χ1n) is 11.6. The number of ether oxygens (including phenoxy) is 1. The number of hydrogen-bond acceptors (Lipinski definition) is 4. The molecule has 0 amide bonds. The minimum absolute atomic E-state index is 0.0323. The van der Waals surface area contributed by atoms with E-state index in [1.165, 1.54) is 18.2 Å². The number of aryl methyl sites for hydroxylation is 1. The van der Waals surface area contributed by atoms with Gasteiger partial charge in [-0.3, -0.25) is 4.79 Å². The molecule has 2 aliphatic rings. The van der Waals surface area contributed by atoms with E-state index in [-0.39, 0.29) is 22.3 Å². The number of carbonyl (C=O) groups is 1. The van der Waals surface area contributed by atoms with Crippen molar-refractivity contribution in [3.8, 4) is 0 Å². The highest BCUT2D eigenvalue weighted by molar-refractivity contribution is 5.77. The average molecular weight is 416 g/mol. The van der Waals surface area contributed by atoms with E-state index in [9.17, 15) is 4.79 Å². The average Bonchev–Trinajstić information content (AvgIpc) is 3.11. The maximum absolute atomic E-state index is 12.8. The van der Waals surface area contributed by atoms with Gasteiger partial charge in [-0.25, -0.2) is 0 Å². The number of nitrogens with one attached hydrogen (secondary N) is 1. The SMILES string of the molecule is C=C1CCC2C(C)(C(=O)OC)CCC[C@]2(C)[C@H]1CCc1ccoc1CNC(C)(C)C. The fraction of sp³-hybridized carbons (Fsp3) is 0.731. The second-order valence-electron chi connectivity index (χ2n) is 11.1. The first-order chi connectivity index (χ1) is 14.0. The Morgan fingerprint density at radius 2 is 2.07 bits per heavy atom. The van der Waals surface area contributed by atoms with E-state index in [4.69, 9.17) is 9.15 Å². The standard InChI is InChI=1S/C26H41NO3/c1-18-9-12-22-25(5,14-8-15-26(22,6)23(28)29-7)20(18)11-10-19-13-16-30-21(19)17-27-24(2,3)4/h13,16,20,22,27H,1,8-12,14-15,17H2,2-7H3/t20-,22?,25+,26?/m0/s1. The molecule has 2 fully saturated rings. The van der Waals surface area contributed by atoms with Crippen LogP contribution in [-0.2, 0) is 22.5 Å². The number of hydrogen-bond donors (Lipinski definition) is 1. The number of methoxy groups -OCH3 is 1. The third kappa shape index (κ3) is 4.39. The third-order valence-electron chi connectivity index (χ3n) is 7.99. The van der Waals surface area contributed by atoms with Crippen molar-refractivity contribution in [3.63, 3.8) is 0 Å². The molecular formula is C26H41NO3. The fourth-order valence-corrected chi connectivity index (χ4v) is 6.35. The van der Waals surface area contributed by atoms with E-state index in [0.717, 1.165) is 57.3 Å². The molecule has 30 heavy (non-hydrogen) atoms. The Labute approximate surface area is 182 Å². The fourth-order valence-electron chi connectivity index (χ4n) is 6.35. The largest absolute Gasteiger partial charge is 0.469 e. The molecule has 0 bridgehead atoms. The van der Waals surface area contributed by atoms with Gasteiger partial charge in [0, 0.05) is 5.54 Å². The quantitative estimate of drug-likeness (QED) is 0.454. The molecule has 0 spiro atoms. The normalized spacial score (nSPS) is 32.0. The van der Waals surface area contributed by atoms with Crippen LogP contribution in [0.5, 0.6) is 0 Å². The van der Waals surface area contributed by atoms with E-state index < -0.39 is 0 Å². The Hall–Kier alpha value is -1.55. The summed E-state index contributed by atoms with van der Waals surface area (Å²) in [6, 6.07) is 2.12. The van der Waals surface area contributed by atoms with Crippen molar-refractivity contribution < 1.29 is 13.9 Å². The minimum Gasteiger partial charge on any atom is -0.469 e. The predicted octanol–water partition coefficient (Wildman–Crippen LogP) is 6.05. The van der Waals surface area contributed by atoms with Gasteiger partial charge < -0.3 is 14.5 Å². The number of furan rings is 1. The molecule has 4 atom stereocenters. The van der Waals surface area contributed by atoms with Gasteiger partial charge >= 0.3 is 5.97 Å². The summed E-state index contributed by atoms with van der Waals surface area (Å²) in [6.07, 6.45) is 9.09. The first-order valence-corrected chi connectivity index (χ1v) is 11.6. The highest BCUT2D eigenvalue weighted by atomic mass is 16.5. The minimum atomic E-state index is -0.377. The van der Waals surface area contributed by atoms with Crippen LogP contribution < -0.4 is 5.32 Å². The van der Waals surface area contributed by atoms with E-state index in [0.29, 0.717) is 11.8 Å². The molecule has 4 heteroatoms.